The van der Waals surface area contributed by atoms with Crippen LogP contribution in [0.15, 0.2) is 29.1 Å². The number of pyridine rings is 1. The zero-order chi connectivity index (χ0) is 21.0. The number of carbonyl (C=O) groups excluding carboxylic acids is 1. The second kappa shape index (κ2) is 8.95. The Kier molecular flexibility index (Phi) is 6.38. The highest BCUT2D eigenvalue weighted by atomic mass is 16.5. The lowest BCUT2D eigenvalue weighted by Crippen LogP contribution is -2.31. The van der Waals surface area contributed by atoms with Gasteiger partial charge in [-0.25, -0.2) is 0 Å². The molecule has 6 heteroatoms. The first-order valence-corrected chi connectivity index (χ1v) is 10.1. The van der Waals surface area contributed by atoms with Gasteiger partial charge < -0.3 is 9.84 Å². The van der Waals surface area contributed by atoms with Gasteiger partial charge in [0, 0.05) is 11.6 Å². The highest BCUT2D eigenvalue weighted by molar-refractivity contribution is 6.11. The number of rotatable bonds is 6. The van der Waals surface area contributed by atoms with E-state index >= 15 is 0 Å². The van der Waals surface area contributed by atoms with Gasteiger partial charge in [0.15, 0.2) is 5.78 Å². The summed E-state index contributed by atoms with van der Waals surface area (Å²) in [6.07, 6.45) is 5.37. The molecule has 1 aromatic carbocycles. The van der Waals surface area contributed by atoms with Gasteiger partial charge in [-0.15, -0.1) is 0 Å². The highest BCUT2D eigenvalue weighted by Crippen LogP contribution is 2.33. The van der Waals surface area contributed by atoms with E-state index in [9.17, 15) is 20.0 Å². The van der Waals surface area contributed by atoms with E-state index in [1.807, 2.05) is 13.0 Å². The van der Waals surface area contributed by atoms with Crippen molar-refractivity contribution in [1.29, 1.82) is 5.26 Å². The van der Waals surface area contributed by atoms with Crippen LogP contribution < -0.4 is 10.3 Å². The summed E-state index contributed by atoms with van der Waals surface area (Å²) in [6, 6.07) is 8.42. The summed E-state index contributed by atoms with van der Waals surface area (Å²) in [6.45, 7) is 4.14. The Morgan fingerprint density at radius 3 is 2.48 bits per heavy atom. The van der Waals surface area contributed by atoms with E-state index in [4.69, 9.17) is 4.74 Å². The topological polar surface area (TPSA) is 92.3 Å². The van der Waals surface area contributed by atoms with Crippen molar-refractivity contribution in [3.63, 3.8) is 0 Å². The minimum atomic E-state index is -0.519. The Balaban J connectivity index is 2.07. The zero-order valence-electron chi connectivity index (χ0n) is 16.9. The van der Waals surface area contributed by atoms with Gasteiger partial charge in [0.25, 0.3) is 5.56 Å². The lowest BCUT2D eigenvalue weighted by molar-refractivity contribution is 0.103. The fourth-order valence-electron chi connectivity index (χ4n) is 3.94. The summed E-state index contributed by atoms with van der Waals surface area (Å²) in [5.41, 5.74) is 0.00573. The second-order valence-corrected chi connectivity index (χ2v) is 7.48. The summed E-state index contributed by atoms with van der Waals surface area (Å²) in [5.74, 6) is -0.0907. The predicted octanol–water partition coefficient (Wildman–Crippen LogP) is 4.26. The summed E-state index contributed by atoms with van der Waals surface area (Å²) in [5, 5.41) is 20.5. The van der Waals surface area contributed by atoms with Crippen molar-refractivity contribution in [3.05, 3.63) is 56.9 Å². The third-order valence-corrected chi connectivity index (χ3v) is 5.50. The molecular formula is C23H26N2O4. The van der Waals surface area contributed by atoms with Crippen molar-refractivity contribution >= 4 is 5.78 Å². The van der Waals surface area contributed by atoms with Crippen LogP contribution in [0.5, 0.6) is 11.6 Å². The lowest BCUT2D eigenvalue weighted by Gasteiger charge is -2.26. The smallest absolute Gasteiger partial charge is 0.271 e. The number of nitriles is 1. The van der Waals surface area contributed by atoms with Crippen molar-refractivity contribution in [2.24, 2.45) is 0 Å². The first-order valence-electron chi connectivity index (χ1n) is 10.1. The van der Waals surface area contributed by atoms with Crippen molar-refractivity contribution in [2.45, 2.75) is 58.4 Å². The van der Waals surface area contributed by atoms with Gasteiger partial charge >= 0.3 is 0 Å². The number of nitrogens with zero attached hydrogens (tertiary/aromatic N) is 2. The van der Waals surface area contributed by atoms with E-state index in [0.717, 1.165) is 38.5 Å². The van der Waals surface area contributed by atoms with Crippen LogP contribution in [0.25, 0.3) is 0 Å². The standard InChI is InChI=1S/C23H26N2O4/c1-3-13-29-18-11-9-16(10-12-18)21(26)20-15(2)19(14-24)22(27)25(23(20)28)17-7-5-4-6-8-17/h9-12,17,28H,3-8,13H2,1-2H3. The Morgan fingerprint density at radius 2 is 1.90 bits per heavy atom. The molecule has 3 rings (SSSR count). The molecule has 2 aromatic rings. The first-order chi connectivity index (χ1) is 14.0. The number of ketones is 1. The normalized spacial score (nSPS) is 14.4. The molecule has 0 spiro atoms. The van der Waals surface area contributed by atoms with Crippen molar-refractivity contribution in [3.8, 4) is 17.7 Å². The molecule has 1 saturated carbocycles. The van der Waals surface area contributed by atoms with Crippen LogP contribution in [0.3, 0.4) is 0 Å². The van der Waals surface area contributed by atoms with E-state index < -0.39 is 11.3 Å². The van der Waals surface area contributed by atoms with Crippen LogP contribution in [0.4, 0.5) is 0 Å². The number of hydrogen-bond acceptors (Lipinski definition) is 5. The maximum atomic E-state index is 13.2. The molecule has 152 valence electrons. The predicted molar refractivity (Wildman–Crippen MR) is 110 cm³/mol. The molecule has 0 saturated heterocycles. The van der Waals surface area contributed by atoms with E-state index in [1.165, 1.54) is 11.5 Å². The van der Waals surface area contributed by atoms with Gasteiger partial charge in [-0.3, -0.25) is 14.2 Å². The van der Waals surface area contributed by atoms with E-state index in [1.54, 1.807) is 24.3 Å². The monoisotopic (exact) mass is 394 g/mol. The van der Waals surface area contributed by atoms with Crippen LogP contribution in [0.1, 0.15) is 78.5 Å². The number of aromatic nitrogens is 1. The van der Waals surface area contributed by atoms with Gasteiger partial charge in [-0.2, -0.15) is 5.26 Å². The average molecular weight is 394 g/mol. The largest absolute Gasteiger partial charge is 0.494 e. The van der Waals surface area contributed by atoms with Gasteiger partial charge in [-0.1, -0.05) is 26.2 Å². The number of benzene rings is 1. The number of carbonyl (C=O) groups is 1. The van der Waals surface area contributed by atoms with Gasteiger partial charge in [0.2, 0.25) is 5.88 Å². The number of ether oxygens (including phenoxy) is 1. The molecule has 1 fully saturated rings. The molecule has 1 aliphatic rings. The minimum Gasteiger partial charge on any atom is -0.494 e. The molecule has 0 amide bonds. The number of hydrogen-bond donors (Lipinski definition) is 1. The van der Waals surface area contributed by atoms with E-state index in [0.29, 0.717) is 17.9 Å². The van der Waals surface area contributed by atoms with Gasteiger partial charge in [-0.05, 0) is 56.0 Å². The molecule has 0 radical (unpaired) electrons. The molecule has 0 aliphatic heterocycles. The van der Waals surface area contributed by atoms with Crippen LogP contribution in [-0.2, 0) is 0 Å². The van der Waals surface area contributed by atoms with Crippen LogP contribution in [-0.4, -0.2) is 22.1 Å². The average Bonchev–Trinajstić information content (AvgIpc) is 2.73. The highest BCUT2D eigenvalue weighted by Gasteiger charge is 2.28. The van der Waals surface area contributed by atoms with E-state index in [2.05, 4.69) is 0 Å². The summed E-state index contributed by atoms with van der Waals surface area (Å²) < 4.78 is 6.81. The molecule has 1 N–H and O–H groups in total. The van der Waals surface area contributed by atoms with Crippen LogP contribution in [0, 0.1) is 18.3 Å². The summed E-state index contributed by atoms with van der Waals surface area (Å²) >= 11 is 0. The lowest BCUT2D eigenvalue weighted by atomic mass is 9.93. The molecule has 1 aromatic heterocycles. The minimum absolute atomic E-state index is 0.0222. The van der Waals surface area contributed by atoms with Crippen molar-refractivity contribution < 1.29 is 14.6 Å². The van der Waals surface area contributed by atoms with Crippen LogP contribution in [0.2, 0.25) is 0 Å². The zero-order valence-corrected chi connectivity index (χ0v) is 16.9. The molecule has 0 atom stereocenters. The SMILES string of the molecule is CCCOc1ccc(C(=O)c2c(C)c(C#N)c(=O)n(C3CCCCC3)c2O)cc1. The fourth-order valence-corrected chi connectivity index (χ4v) is 3.94. The fraction of sp³-hybridized carbons (Fsp3) is 0.435. The molecule has 29 heavy (non-hydrogen) atoms. The molecule has 1 aliphatic carbocycles. The quantitative estimate of drug-likeness (QED) is 0.739. The second-order valence-electron chi connectivity index (χ2n) is 7.48. The Morgan fingerprint density at radius 1 is 1.24 bits per heavy atom. The van der Waals surface area contributed by atoms with Crippen LogP contribution >= 0.6 is 0 Å². The third-order valence-electron chi connectivity index (χ3n) is 5.50. The molecule has 6 nitrogen and oxygen atoms in total. The maximum Gasteiger partial charge on any atom is 0.271 e. The summed E-state index contributed by atoms with van der Waals surface area (Å²) in [7, 11) is 0. The summed E-state index contributed by atoms with van der Waals surface area (Å²) in [4.78, 5) is 26.1. The first kappa shape index (κ1) is 20.7. The van der Waals surface area contributed by atoms with Gasteiger partial charge in [0.1, 0.15) is 17.4 Å². The third kappa shape index (κ3) is 4.04. The van der Waals surface area contributed by atoms with Gasteiger partial charge in [0.05, 0.1) is 12.2 Å². The molecule has 0 unspecified atom stereocenters. The Hall–Kier alpha value is -3.07. The molecular weight excluding hydrogens is 368 g/mol. The molecule has 1 heterocycles. The number of aromatic hydroxyl groups is 1. The van der Waals surface area contributed by atoms with Crippen molar-refractivity contribution in [2.75, 3.05) is 6.61 Å². The Bertz CT molecular complexity index is 994. The molecule has 0 bridgehead atoms. The Labute approximate surface area is 170 Å². The maximum absolute atomic E-state index is 13.2. The van der Waals surface area contributed by atoms with E-state index in [-0.39, 0.29) is 28.6 Å². The van der Waals surface area contributed by atoms with Crippen molar-refractivity contribution in [1.82, 2.24) is 4.57 Å².